The highest BCUT2D eigenvalue weighted by Gasteiger charge is 2.06. The Bertz CT molecular complexity index is 214. The zero-order chi connectivity index (χ0) is 10.3. The van der Waals surface area contributed by atoms with Gasteiger partial charge in [-0.05, 0) is 20.5 Å². The third-order valence-corrected chi connectivity index (χ3v) is 2.56. The van der Waals surface area contributed by atoms with E-state index in [9.17, 15) is 8.42 Å². The summed E-state index contributed by atoms with van der Waals surface area (Å²) in [6.07, 6.45) is 0.800. The van der Waals surface area contributed by atoms with Gasteiger partial charge in [0.05, 0.1) is 0 Å². The van der Waals surface area contributed by atoms with Gasteiger partial charge in [-0.3, -0.25) is 0 Å². The van der Waals surface area contributed by atoms with Crippen molar-refractivity contribution in [3.05, 3.63) is 0 Å². The molecular weight excluding hydrogens is 190 g/mol. The van der Waals surface area contributed by atoms with Gasteiger partial charge in [0.1, 0.15) is 0 Å². The first kappa shape index (κ1) is 12.8. The van der Waals surface area contributed by atoms with Gasteiger partial charge in [0.2, 0.25) is 0 Å². The topological polar surface area (TPSA) is 61.4 Å². The van der Waals surface area contributed by atoms with Crippen LogP contribution in [0.5, 0.6) is 0 Å². The summed E-state index contributed by atoms with van der Waals surface area (Å²) in [5.74, 6) is 0. The molecule has 0 aromatic rings. The van der Waals surface area contributed by atoms with E-state index < -0.39 is 10.2 Å². The van der Waals surface area contributed by atoms with Crippen LogP contribution in [-0.2, 0) is 10.2 Å². The number of likely N-dealkylation sites (N-methyl/N-ethyl adjacent to an activating group) is 1. The van der Waals surface area contributed by atoms with Crippen molar-refractivity contribution < 1.29 is 8.42 Å². The Morgan fingerprint density at radius 3 is 2.15 bits per heavy atom. The quantitative estimate of drug-likeness (QED) is 0.587. The highest BCUT2D eigenvalue weighted by Crippen LogP contribution is 1.79. The summed E-state index contributed by atoms with van der Waals surface area (Å²) in [7, 11) is 0.527. The first-order valence-electron chi connectivity index (χ1n) is 4.37. The second-order valence-corrected chi connectivity index (χ2v) is 4.68. The summed E-state index contributed by atoms with van der Waals surface area (Å²) in [6.45, 7) is 3.54. The molecule has 0 aromatic heterocycles. The molecule has 0 unspecified atom stereocenters. The maximum atomic E-state index is 11.1. The number of nitrogens with one attached hydrogen (secondary N) is 2. The monoisotopic (exact) mass is 209 g/mol. The lowest BCUT2D eigenvalue weighted by Crippen LogP contribution is -2.39. The molecule has 0 fully saturated rings. The van der Waals surface area contributed by atoms with Crippen LogP contribution in [0, 0.1) is 0 Å². The first-order valence-corrected chi connectivity index (χ1v) is 5.85. The van der Waals surface area contributed by atoms with Gasteiger partial charge < -0.3 is 4.90 Å². The Labute approximate surface area is 80.7 Å². The van der Waals surface area contributed by atoms with Crippen molar-refractivity contribution in [2.24, 2.45) is 0 Å². The molecule has 0 radical (unpaired) electrons. The minimum Gasteiger partial charge on any atom is -0.308 e. The zero-order valence-corrected chi connectivity index (χ0v) is 9.32. The summed E-state index contributed by atoms with van der Waals surface area (Å²) in [6, 6.07) is 0. The molecule has 6 heteroatoms. The van der Waals surface area contributed by atoms with E-state index in [1.807, 2.05) is 25.9 Å². The van der Waals surface area contributed by atoms with Gasteiger partial charge >= 0.3 is 0 Å². The maximum Gasteiger partial charge on any atom is 0.276 e. The maximum absolute atomic E-state index is 11.1. The van der Waals surface area contributed by atoms with E-state index in [0.29, 0.717) is 19.6 Å². The number of hydrogen-bond acceptors (Lipinski definition) is 3. The van der Waals surface area contributed by atoms with E-state index in [1.54, 1.807) is 0 Å². The summed E-state index contributed by atoms with van der Waals surface area (Å²) in [4.78, 5) is 1.92. The fourth-order valence-corrected chi connectivity index (χ4v) is 1.63. The van der Waals surface area contributed by atoms with Gasteiger partial charge in [-0.1, -0.05) is 6.92 Å². The van der Waals surface area contributed by atoms with Crippen LogP contribution in [0.25, 0.3) is 0 Å². The number of rotatable bonds is 7. The molecule has 5 nitrogen and oxygen atoms in total. The Balaban J connectivity index is 3.64. The van der Waals surface area contributed by atoms with E-state index in [0.717, 1.165) is 6.42 Å². The van der Waals surface area contributed by atoms with Crippen molar-refractivity contribution in [1.82, 2.24) is 14.3 Å². The van der Waals surface area contributed by atoms with Crippen LogP contribution in [0.2, 0.25) is 0 Å². The molecule has 0 heterocycles. The molecule has 0 rings (SSSR count). The highest BCUT2D eigenvalue weighted by molar-refractivity contribution is 7.87. The average Bonchev–Trinajstić information content (AvgIpc) is 2.00. The minimum absolute atomic E-state index is 0.437. The van der Waals surface area contributed by atoms with E-state index in [1.165, 1.54) is 0 Å². The van der Waals surface area contributed by atoms with Crippen LogP contribution >= 0.6 is 0 Å². The smallest absolute Gasteiger partial charge is 0.276 e. The van der Waals surface area contributed by atoms with Crippen LogP contribution in [0.3, 0.4) is 0 Å². The molecule has 2 N–H and O–H groups in total. The third-order valence-electron chi connectivity index (χ3n) is 1.39. The highest BCUT2D eigenvalue weighted by atomic mass is 32.2. The Morgan fingerprint density at radius 1 is 1.15 bits per heavy atom. The lowest BCUT2D eigenvalue weighted by Gasteiger charge is -2.10. The molecule has 0 aliphatic carbocycles. The Hall–Kier alpha value is -0.170. The summed E-state index contributed by atoms with van der Waals surface area (Å²) >= 11 is 0. The molecule has 0 amide bonds. The molecule has 80 valence electrons. The Morgan fingerprint density at radius 2 is 1.69 bits per heavy atom. The molecule has 0 saturated carbocycles. The SMILES string of the molecule is CCCNS(=O)(=O)NCCN(C)C. The van der Waals surface area contributed by atoms with E-state index >= 15 is 0 Å². The van der Waals surface area contributed by atoms with Crippen molar-refractivity contribution in [2.45, 2.75) is 13.3 Å². The van der Waals surface area contributed by atoms with Gasteiger partial charge in [-0.15, -0.1) is 0 Å². The predicted octanol–water partition coefficient (Wildman–Crippen LogP) is -0.618. The molecule has 0 spiro atoms. The molecule has 0 atom stereocenters. The van der Waals surface area contributed by atoms with Crippen molar-refractivity contribution in [3.8, 4) is 0 Å². The molecule has 0 aliphatic rings. The van der Waals surface area contributed by atoms with Crippen molar-refractivity contribution in [2.75, 3.05) is 33.7 Å². The molecular formula is C7H19N3O2S. The average molecular weight is 209 g/mol. The fraction of sp³-hybridized carbons (Fsp3) is 1.00. The molecule has 13 heavy (non-hydrogen) atoms. The van der Waals surface area contributed by atoms with Crippen LogP contribution in [0.15, 0.2) is 0 Å². The first-order chi connectivity index (χ1) is 5.98. The lowest BCUT2D eigenvalue weighted by molar-refractivity contribution is 0.412. The molecule has 0 aliphatic heterocycles. The Kier molecular flexibility index (Phi) is 6.23. The third kappa shape index (κ3) is 8.17. The van der Waals surface area contributed by atoms with Gasteiger partial charge in [-0.2, -0.15) is 8.42 Å². The molecule has 0 bridgehead atoms. The van der Waals surface area contributed by atoms with Crippen LogP contribution in [0.1, 0.15) is 13.3 Å². The van der Waals surface area contributed by atoms with Gasteiger partial charge in [0.15, 0.2) is 0 Å². The zero-order valence-electron chi connectivity index (χ0n) is 8.50. The van der Waals surface area contributed by atoms with E-state index in [-0.39, 0.29) is 0 Å². The largest absolute Gasteiger partial charge is 0.308 e. The molecule has 0 saturated heterocycles. The van der Waals surface area contributed by atoms with Crippen LogP contribution < -0.4 is 9.44 Å². The summed E-state index contributed by atoms with van der Waals surface area (Å²) < 4.78 is 27.1. The number of nitrogens with zero attached hydrogens (tertiary/aromatic N) is 1. The van der Waals surface area contributed by atoms with Crippen molar-refractivity contribution >= 4 is 10.2 Å². The number of hydrogen-bond donors (Lipinski definition) is 2. The minimum atomic E-state index is -3.27. The van der Waals surface area contributed by atoms with Gasteiger partial charge in [0, 0.05) is 19.6 Å². The van der Waals surface area contributed by atoms with E-state index in [4.69, 9.17) is 0 Å². The fourth-order valence-electron chi connectivity index (χ4n) is 0.691. The van der Waals surface area contributed by atoms with Gasteiger partial charge in [-0.25, -0.2) is 9.44 Å². The van der Waals surface area contributed by atoms with Crippen molar-refractivity contribution in [3.63, 3.8) is 0 Å². The summed E-state index contributed by atoms with van der Waals surface area (Å²) in [5, 5.41) is 0. The van der Waals surface area contributed by atoms with E-state index in [2.05, 4.69) is 9.44 Å². The summed E-state index contributed by atoms with van der Waals surface area (Å²) in [5.41, 5.74) is 0. The second-order valence-electron chi connectivity index (χ2n) is 3.10. The molecule has 0 aromatic carbocycles. The normalized spacial score (nSPS) is 12.3. The van der Waals surface area contributed by atoms with Crippen molar-refractivity contribution in [1.29, 1.82) is 0 Å². The van der Waals surface area contributed by atoms with Crippen LogP contribution in [0.4, 0.5) is 0 Å². The standard InChI is InChI=1S/C7H19N3O2S/c1-4-5-8-13(11,12)9-6-7-10(2)3/h8-9H,4-7H2,1-3H3. The second kappa shape index (κ2) is 6.31. The predicted molar refractivity (Wildman–Crippen MR) is 53.8 cm³/mol. The van der Waals surface area contributed by atoms with Gasteiger partial charge in [0.25, 0.3) is 10.2 Å². The lowest BCUT2D eigenvalue weighted by atomic mass is 10.5. The van der Waals surface area contributed by atoms with Crippen LogP contribution in [-0.4, -0.2) is 47.0 Å².